The van der Waals surface area contributed by atoms with Crippen LogP contribution in [-0.2, 0) is 4.79 Å². The molecule has 3 heteroatoms. The lowest BCUT2D eigenvalue weighted by molar-refractivity contribution is -0.124. The van der Waals surface area contributed by atoms with E-state index < -0.39 is 5.60 Å². The topological polar surface area (TPSA) is 57.5 Å². The molecular formula is C15H24O3. The number of ketones is 1. The zero-order valence-electron chi connectivity index (χ0n) is 11.7. The Morgan fingerprint density at radius 1 is 1.44 bits per heavy atom. The van der Waals surface area contributed by atoms with Gasteiger partial charge >= 0.3 is 0 Å². The van der Waals surface area contributed by atoms with Crippen LogP contribution in [0.2, 0.25) is 0 Å². The predicted octanol–water partition coefficient (Wildman–Crippen LogP) is 2.07. The first-order valence-corrected chi connectivity index (χ1v) is 6.81. The molecule has 0 bridgehead atoms. The van der Waals surface area contributed by atoms with Gasteiger partial charge in [-0.15, -0.1) is 0 Å². The molecule has 18 heavy (non-hydrogen) atoms. The highest BCUT2D eigenvalue weighted by Gasteiger charge is 2.48. The molecule has 4 atom stereocenters. The summed E-state index contributed by atoms with van der Waals surface area (Å²) in [6.07, 6.45) is 3.77. The average Bonchev–Trinajstić information content (AvgIpc) is 2.21. The van der Waals surface area contributed by atoms with Gasteiger partial charge in [0.1, 0.15) is 0 Å². The van der Waals surface area contributed by atoms with Gasteiger partial charge < -0.3 is 10.2 Å². The Labute approximate surface area is 109 Å². The molecule has 0 amide bonds. The van der Waals surface area contributed by atoms with Gasteiger partial charge in [-0.3, -0.25) is 4.79 Å². The van der Waals surface area contributed by atoms with Crippen molar-refractivity contribution >= 4 is 5.78 Å². The molecule has 2 aliphatic rings. The standard InChI is InChI=1S/C15H24O3/c1-9-10-7-11(14(2,3)18)13(17)8-15(10,4)6-5-12(9)16/h7,9-10,12,16,18H,5-6,8H2,1-4H3/t9-,10-,12+,15-/m1/s1. The van der Waals surface area contributed by atoms with Crippen LogP contribution in [0.25, 0.3) is 0 Å². The fourth-order valence-electron chi connectivity index (χ4n) is 3.62. The number of rotatable bonds is 1. The lowest BCUT2D eigenvalue weighted by Crippen LogP contribution is -2.47. The van der Waals surface area contributed by atoms with Gasteiger partial charge in [-0.1, -0.05) is 19.9 Å². The summed E-state index contributed by atoms with van der Waals surface area (Å²) in [7, 11) is 0. The number of Topliss-reactive ketones (excluding diaryl/α,β-unsaturated/α-hetero) is 1. The first kappa shape index (κ1) is 13.8. The third-order valence-corrected chi connectivity index (χ3v) is 4.86. The van der Waals surface area contributed by atoms with Crippen LogP contribution < -0.4 is 0 Å². The van der Waals surface area contributed by atoms with E-state index in [0.717, 1.165) is 12.8 Å². The monoisotopic (exact) mass is 252 g/mol. The maximum Gasteiger partial charge on any atom is 0.161 e. The minimum Gasteiger partial charge on any atom is -0.393 e. The summed E-state index contributed by atoms with van der Waals surface area (Å²) in [5.74, 6) is 0.388. The van der Waals surface area contributed by atoms with Crippen molar-refractivity contribution in [2.75, 3.05) is 0 Å². The Morgan fingerprint density at radius 3 is 2.61 bits per heavy atom. The smallest absolute Gasteiger partial charge is 0.161 e. The van der Waals surface area contributed by atoms with E-state index in [-0.39, 0.29) is 29.1 Å². The number of fused-ring (bicyclic) bond motifs is 1. The fraction of sp³-hybridized carbons (Fsp3) is 0.800. The molecule has 0 spiro atoms. The Hall–Kier alpha value is -0.670. The van der Waals surface area contributed by atoms with Crippen molar-refractivity contribution in [3.63, 3.8) is 0 Å². The molecule has 0 aromatic rings. The lowest BCUT2D eigenvalue weighted by Gasteiger charge is -2.49. The summed E-state index contributed by atoms with van der Waals surface area (Å²) in [5.41, 5.74) is -0.615. The molecule has 1 saturated carbocycles. The van der Waals surface area contributed by atoms with Gasteiger partial charge in [-0.2, -0.15) is 0 Å². The molecule has 2 rings (SSSR count). The third kappa shape index (κ3) is 2.14. The van der Waals surface area contributed by atoms with Crippen molar-refractivity contribution in [3.8, 4) is 0 Å². The summed E-state index contributed by atoms with van der Waals surface area (Å²) in [5, 5.41) is 20.1. The maximum absolute atomic E-state index is 12.2. The maximum atomic E-state index is 12.2. The van der Waals surface area contributed by atoms with Crippen LogP contribution in [0.3, 0.4) is 0 Å². The molecule has 0 radical (unpaired) electrons. The molecule has 102 valence electrons. The van der Waals surface area contributed by atoms with Gasteiger partial charge in [0.05, 0.1) is 11.7 Å². The molecule has 2 aliphatic carbocycles. The molecule has 2 N–H and O–H groups in total. The molecular weight excluding hydrogens is 228 g/mol. The van der Waals surface area contributed by atoms with Gasteiger partial charge in [0, 0.05) is 12.0 Å². The Balaban J connectivity index is 2.42. The molecule has 0 aliphatic heterocycles. The lowest BCUT2D eigenvalue weighted by atomic mass is 9.56. The van der Waals surface area contributed by atoms with Crippen molar-refractivity contribution in [1.29, 1.82) is 0 Å². The number of carbonyl (C=O) groups excluding carboxylic acids is 1. The molecule has 1 fully saturated rings. The molecule has 0 aromatic heterocycles. The minimum atomic E-state index is -1.08. The van der Waals surface area contributed by atoms with E-state index in [1.807, 2.05) is 13.0 Å². The highest BCUT2D eigenvalue weighted by molar-refractivity contribution is 5.98. The average molecular weight is 252 g/mol. The van der Waals surface area contributed by atoms with Crippen LogP contribution in [0.1, 0.15) is 47.0 Å². The van der Waals surface area contributed by atoms with Gasteiger partial charge in [0.2, 0.25) is 0 Å². The second-order valence-corrected chi connectivity index (χ2v) is 6.88. The van der Waals surface area contributed by atoms with Gasteiger partial charge in [-0.25, -0.2) is 0 Å². The van der Waals surface area contributed by atoms with Gasteiger partial charge in [-0.05, 0) is 43.9 Å². The second-order valence-electron chi connectivity index (χ2n) is 6.88. The zero-order chi connectivity index (χ0) is 13.7. The first-order valence-electron chi connectivity index (χ1n) is 6.81. The quantitative estimate of drug-likeness (QED) is 0.751. The number of carbonyl (C=O) groups is 1. The zero-order valence-corrected chi connectivity index (χ0v) is 11.7. The SMILES string of the molecule is C[C@@H]1[C@H]2C=C(C(C)(C)O)C(=O)C[C@@]2(C)CC[C@@H]1O. The normalized spacial score (nSPS) is 41.3. The predicted molar refractivity (Wildman–Crippen MR) is 70.0 cm³/mol. The van der Waals surface area contributed by atoms with Crippen molar-refractivity contribution in [2.24, 2.45) is 17.3 Å². The van der Waals surface area contributed by atoms with E-state index in [1.54, 1.807) is 13.8 Å². The molecule has 3 nitrogen and oxygen atoms in total. The summed E-state index contributed by atoms with van der Waals surface area (Å²) >= 11 is 0. The first-order chi connectivity index (χ1) is 8.15. The summed E-state index contributed by atoms with van der Waals surface area (Å²) < 4.78 is 0. The number of hydrogen-bond donors (Lipinski definition) is 2. The number of allylic oxidation sites excluding steroid dienone is 1. The van der Waals surface area contributed by atoms with Crippen LogP contribution in [0.4, 0.5) is 0 Å². The van der Waals surface area contributed by atoms with Crippen LogP contribution >= 0.6 is 0 Å². The van der Waals surface area contributed by atoms with Crippen molar-refractivity contribution in [2.45, 2.75) is 58.7 Å². The third-order valence-electron chi connectivity index (χ3n) is 4.86. The van der Waals surface area contributed by atoms with Crippen LogP contribution in [-0.4, -0.2) is 27.7 Å². The van der Waals surface area contributed by atoms with E-state index in [9.17, 15) is 15.0 Å². The number of hydrogen-bond acceptors (Lipinski definition) is 3. The molecule has 0 heterocycles. The summed E-state index contributed by atoms with van der Waals surface area (Å²) in [6, 6.07) is 0. The molecule has 0 saturated heterocycles. The van der Waals surface area contributed by atoms with Crippen LogP contribution in [0.5, 0.6) is 0 Å². The Kier molecular flexibility index (Phi) is 3.19. The van der Waals surface area contributed by atoms with Crippen molar-refractivity contribution < 1.29 is 15.0 Å². The Bertz CT molecular complexity index is 391. The van der Waals surface area contributed by atoms with E-state index in [0.29, 0.717) is 12.0 Å². The largest absolute Gasteiger partial charge is 0.393 e. The van der Waals surface area contributed by atoms with Crippen LogP contribution in [0, 0.1) is 17.3 Å². The second kappa shape index (κ2) is 4.17. The van der Waals surface area contributed by atoms with Crippen LogP contribution in [0.15, 0.2) is 11.6 Å². The van der Waals surface area contributed by atoms with Crippen molar-refractivity contribution in [1.82, 2.24) is 0 Å². The van der Waals surface area contributed by atoms with E-state index in [1.165, 1.54) is 0 Å². The summed E-state index contributed by atoms with van der Waals surface area (Å²) in [6.45, 7) is 7.49. The molecule has 0 aromatic carbocycles. The summed E-state index contributed by atoms with van der Waals surface area (Å²) in [4.78, 5) is 12.2. The number of aliphatic hydroxyl groups is 2. The molecule has 0 unspecified atom stereocenters. The van der Waals surface area contributed by atoms with E-state index in [2.05, 4.69) is 6.92 Å². The number of aliphatic hydroxyl groups excluding tert-OH is 1. The van der Waals surface area contributed by atoms with Gasteiger partial charge in [0.15, 0.2) is 5.78 Å². The Morgan fingerprint density at radius 2 is 2.06 bits per heavy atom. The van der Waals surface area contributed by atoms with Gasteiger partial charge in [0.25, 0.3) is 0 Å². The highest BCUT2D eigenvalue weighted by Crippen LogP contribution is 2.51. The van der Waals surface area contributed by atoms with E-state index in [4.69, 9.17) is 0 Å². The minimum absolute atomic E-state index is 0.0511. The fourth-order valence-corrected chi connectivity index (χ4v) is 3.62. The van der Waals surface area contributed by atoms with E-state index >= 15 is 0 Å². The highest BCUT2D eigenvalue weighted by atomic mass is 16.3. The van der Waals surface area contributed by atoms with Crippen molar-refractivity contribution in [3.05, 3.63) is 11.6 Å².